The summed E-state index contributed by atoms with van der Waals surface area (Å²) in [5.41, 5.74) is 9.75. The highest BCUT2D eigenvalue weighted by Crippen LogP contribution is 2.25. The summed E-state index contributed by atoms with van der Waals surface area (Å²) in [5.74, 6) is 0. The van der Waals surface area contributed by atoms with Crippen molar-refractivity contribution in [2.75, 3.05) is 5.73 Å². The van der Waals surface area contributed by atoms with Gasteiger partial charge in [0.25, 0.3) is 5.56 Å². The van der Waals surface area contributed by atoms with E-state index < -0.39 is 0 Å². The van der Waals surface area contributed by atoms with Gasteiger partial charge in [-0.05, 0) is 24.6 Å². The molecule has 2 N–H and O–H groups in total. The molecular weight excluding hydrogens is 298 g/mol. The lowest BCUT2D eigenvalue weighted by molar-refractivity contribution is 0.779. The Hall–Kier alpha value is -3.14. The summed E-state index contributed by atoms with van der Waals surface area (Å²) in [6.45, 7) is 2.25. The van der Waals surface area contributed by atoms with Crippen LogP contribution >= 0.6 is 0 Å². The van der Waals surface area contributed by atoms with Gasteiger partial charge >= 0.3 is 0 Å². The summed E-state index contributed by atoms with van der Waals surface area (Å²) in [4.78, 5) is 17.5. The van der Waals surface area contributed by atoms with Crippen LogP contribution in [-0.2, 0) is 6.54 Å². The molecule has 0 atom stereocenters. The minimum atomic E-state index is -0.0911. The molecule has 2 aromatic heterocycles. The van der Waals surface area contributed by atoms with Crippen LogP contribution in [0.5, 0.6) is 0 Å². The molecule has 24 heavy (non-hydrogen) atoms. The van der Waals surface area contributed by atoms with E-state index in [1.165, 1.54) is 0 Å². The van der Waals surface area contributed by atoms with Crippen molar-refractivity contribution in [2.45, 2.75) is 13.5 Å². The molecular formula is C20H17N3O. The topological polar surface area (TPSA) is 60.9 Å². The molecule has 0 bridgehead atoms. The number of hydrogen-bond acceptors (Lipinski definition) is 3. The minimum Gasteiger partial charge on any atom is -0.398 e. The molecule has 4 aromatic rings. The van der Waals surface area contributed by atoms with E-state index in [9.17, 15) is 4.79 Å². The summed E-state index contributed by atoms with van der Waals surface area (Å²) in [6, 6.07) is 19.8. The molecule has 0 aliphatic heterocycles. The van der Waals surface area contributed by atoms with E-state index in [0.717, 1.165) is 21.9 Å². The number of hydrogen-bond donors (Lipinski definition) is 1. The molecule has 118 valence electrons. The second-order valence-electron chi connectivity index (χ2n) is 5.97. The first-order valence-corrected chi connectivity index (χ1v) is 7.87. The third-order valence-corrected chi connectivity index (χ3v) is 4.40. The lowest BCUT2D eigenvalue weighted by atomic mass is 10.1. The molecule has 0 spiro atoms. The van der Waals surface area contributed by atoms with Crippen molar-refractivity contribution < 1.29 is 0 Å². The summed E-state index contributed by atoms with van der Waals surface area (Å²) in [5, 5.41) is 1.84. The molecule has 0 aliphatic rings. The number of fused-ring (bicyclic) bond motifs is 2. The van der Waals surface area contributed by atoms with E-state index in [-0.39, 0.29) is 5.56 Å². The highest BCUT2D eigenvalue weighted by atomic mass is 16.1. The number of pyridine rings is 2. The fraction of sp³-hybridized carbons (Fsp3) is 0.100. The van der Waals surface area contributed by atoms with Gasteiger partial charge in [0.1, 0.15) is 5.65 Å². The van der Waals surface area contributed by atoms with Crippen molar-refractivity contribution in [1.29, 1.82) is 0 Å². The van der Waals surface area contributed by atoms with E-state index in [1.54, 1.807) is 11.5 Å². The zero-order chi connectivity index (χ0) is 16.7. The van der Waals surface area contributed by atoms with E-state index in [4.69, 9.17) is 10.7 Å². The molecule has 4 heteroatoms. The maximum Gasteiger partial charge on any atom is 0.257 e. The Balaban J connectivity index is 2.07. The predicted molar refractivity (Wildman–Crippen MR) is 98.2 cm³/mol. The maximum absolute atomic E-state index is 12.8. The Labute approximate surface area is 139 Å². The fourth-order valence-corrected chi connectivity index (χ4v) is 3.04. The number of benzene rings is 2. The van der Waals surface area contributed by atoms with Gasteiger partial charge in [0, 0.05) is 16.3 Å². The maximum atomic E-state index is 12.8. The number of nitrogens with zero attached hydrogens (tertiary/aromatic N) is 2. The largest absolute Gasteiger partial charge is 0.398 e. The van der Waals surface area contributed by atoms with Gasteiger partial charge in [-0.25, -0.2) is 4.98 Å². The second kappa shape index (κ2) is 5.49. The molecule has 0 fully saturated rings. The zero-order valence-corrected chi connectivity index (χ0v) is 13.4. The Bertz CT molecular complexity index is 1110. The van der Waals surface area contributed by atoms with Gasteiger partial charge in [0.2, 0.25) is 0 Å². The highest BCUT2D eigenvalue weighted by Gasteiger charge is 2.14. The van der Waals surface area contributed by atoms with Gasteiger partial charge in [-0.2, -0.15) is 0 Å². The van der Waals surface area contributed by atoms with E-state index in [2.05, 4.69) is 0 Å². The summed E-state index contributed by atoms with van der Waals surface area (Å²) >= 11 is 0. The first-order chi connectivity index (χ1) is 11.6. The van der Waals surface area contributed by atoms with Crippen molar-refractivity contribution in [2.24, 2.45) is 0 Å². The Morgan fingerprint density at radius 1 is 1.04 bits per heavy atom. The quantitative estimate of drug-likeness (QED) is 0.576. The standard InChI is InChI=1S/C20H17N3O/c1-13-18(21)16-11-15-9-5-6-10-17(15)22-19(16)23(20(13)24)12-14-7-3-2-4-8-14/h2-11H,12,21H2,1H3. The molecule has 2 aromatic carbocycles. The second-order valence-corrected chi connectivity index (χ2v) is 5.97. The molecule has 4 rings (SSSR count). The molecule has 0 amide bonds. The van der Waals surface area contributed by atoms with Crippen molar-refractivity contribution in [3.8, 4) is 0 Å². The molecule has 4 nitrogen and oxygen atoms in total. The van der Waals surface area contributed by atoms with Crippen molar-refractivity contribution >= 4 is 27.6 Å². The van der Waals surface area contributed by atoms with Crippen LogP contribution in [0.15, 0.2) is 65.5 Å². The lowest BCUT2D eigenvalue weighted by Gasteiger charge is -2.14. The Morgan fingerprint density at radius 2 is 1.75 bits per heavy atom. The predicted octanol–water partition coefficient (Wildman–Crippen LogP) is 3.49. The van der Waals surface area contributed by atoms with Gasteiger partial charge in [-0.15, -0.1) is 0 Å². The number of anilines is 1. The third-order valence-electron chi connectivity index (χ3n) is 4.40. The Kier molecular flexibility index (Phi) is 3.31. The van der Waals surface area contributed by atoms with Crippen molar-refractivity contribution in [3.05, 3.63) is 82.1 Å². The monoisotopic (exact) mass is 315 g/mol. The molecule has 0 saturated heterocycles. The van der Waals surface area contributed by atoms with Crippen LogP contribution < -0.4 is 11.3 Å². The van der Waals surface area contributed by atoms with Crippen LogP contribution in [0.25, 0.3) is 21.9 Å². The first-order valence-electron chi connectivity index (χ1n) is 7.87. The highest BCUT2D eigenvalue weighted by molar-refractivity contribution is 5.98. The van der Waals surface area contributed by atoms with Gasteiger partial charge < -0.3 is 5.73 Å². The number of nitrogens with two attached hydrogens (primary N) is 1. The number of para-hydroxylation sites is 1. The van der Waals surface area contributed by atoms with Gasteiger partial charge in [0.05, 0.1) is 17.7 Å². The first kappa shape index (κ1) is 14.5. The fourth-order valence-electron chi connectivity index (χ4n) is 3.04. The average molecular weight is 315 g/mol. The molecule has 2 heterocycles. The van der Waals surface area contributed by atoms with Crippen LogP contribution in [0.3, 0.4) is 0 Å². The van der Waals surface area contributed by atoms with E-state index >= 15 is 0 Å². The summed E-state index contributed by atoms with van der Waals surface area (Å²) < 4.78 is 1.71. The van der Waals surface area contributed by atoms with Gasteiger partial charge in [0.15, 0.2) is 0 Å². The van der Waals surface area contributed by atoms with Crippen LogP contribution in [0, 0.1) is 6.92 Å². The third kappa shape index (κ3) is 2.24. The summed E-state index contributed by atoms with van der Waals surface area (Å²) in [6.07, 6.45) is 0. The number of nitrogen functional groups attached to an aromatic ring is 1. The van der Waals surface area contributed by atoms with E-state index in [1.807, 2.05) is 60.7 Å². The molecule has 0 saturated carbocycles. The average Bonchev–Trinajstić information content (AvgIpc) is 2.63. The van der Waals surface area contributed by atoms with Crippen LogP contribution in [-0.4, -0.2) is 9.55 Å². The Morgan fingerprint density at radius 3 is 2.54 bits per heavy atom. The van der Waals surface area contributed by atoms with Crippen molar-refractivity contribution in [3.63, 3.8) is 0 Å². The number of rotatable bonds is 2. The van der Waals surface area contributed by atoms with Crippen LogP contribution in [0.1, 0.15) is 11.1 Å². The number of aromatic nitrogens is 2. The van der Waals surface area contributed by atoms with Crippen molar-refractivity contribution in [1.82, 2.24) is 9.55 Å². The van der Waals surface area contributed by atoms with E-state index in [0.29, 0.717) is 23.4 Å². The SMILES string of the molecule is Cc1c(N)c2cc3ccccc3nc2n(Cc2ccccc2)c1=O. The molecule has 0 aliphatic carbocycles. The van der Waals surface area contributed by atoms with Gasteiger partial charge in [-0.1, -0.05) is 48.5 Å². The smallest absolute Gasteiger partial charge is 0.257 e. The van der Waals surface area contributed by atoms with Crippen LogP contribution in [0.2, 0.25) is 0 Å². The lowest BCUT2D eigenvalue weighted by Crippen LogP contribution is -2.25. The van der Waals surface area contributed by atoms with Gasteiger partial charge in [-0.3, -0.25) is 9.36 Å². The molecule has 0 radical (unpaired) electrons. The van der Waals surface area contributed by atoms with Crippen LogP contribution in [0.4, 0.5) is 5.69 Å². The normalized spacial score (nSPS) is 11.2. The zero-order valence-electron chi connectivity index (χ0n) is 13.4. The minimum absolute atomic E-state index is 0.0911. The molecule has 0 unspecified atom stereocenters. The summed E-state index contributed by atoms with van der Waals surface area (Å²) in [7, 11) is 0.